The normalized spacial score (nSPS) is 15.1. The van der Waals surface area contributed by atoms with Crippen LogP contribution in [0, 0.1) is 6.92 Å². The van der Waals surface area contributed by atoms with E-state index >= 15 is 0 Å². The van der Waals surface area contributed by atoms with Crippen molar-refractivity contribution >= 4 is 50.7 Å². The molecular formula is C20H22Cl2N4O2S. The third kappa shape index (κ3) is 4.75. The topological polar surface area (TPSA) is 59.4 Å². The van der Waals surface area contributed by atoms with Crippen LogP contribution in [-0.4, -0.2) is 60.0 Å². The zero-order chi connectivity index (χ0) is 20.4. The number of aryl methyl sites for hydroxylation is 1. The van der Waals surface area contributed by atoms with Gasteiger partial charge in [-0.25, -0.2) is 0 Å². The molecule has 0 aliphatic carbocycles. The number of amides is 1. The molecule has 1 aromatic carbocycles. The number of aromatic nitrogens is 2. The number of carbonyl (C=O) groups excluding carboxylic acids is 1. The van der Waals surface area contributed by atoms with Crippen molar-refractivity contribution in [2.45, 2.75) is 13.5 Å². The number of morpholine rings is 1. The molecule has 0 unspecified atom stereocenters. The fourth-order valence-corrected chi connectivity index (χ4v) is 4.93. The van der Waals surface area contributed by atoms with E-state index in [0.29, 0.717) is 28.0 Å². The van der Waals surface area contributed by atoms with E-state index < -0.39 is 0 Å². The molecule has 9 heteroatoms. The molecule has 3 heterocycles. The van der Waals surface area contributed by atoms with Crippen LogP contribution in [0.2, 0.25) is 10.0 Å². The molecule has 6 nitrogen and oxygen atoms in total. The predicted octanol–water partition coefficient (Wildman–Crippen LogP) is 3.82. The van der Waals surface area contributed by atoms with Gasteiger partial charge in [0, 0.05) is 41.6 Å². The number of rotatable bonds is 6. The molecule has 1 fully saturated rings. The van der Waals surface area contributed by atoms with Crippen LogP contribution in [0.1, 0.15) is 20.9 Å². The molecule has 29 heavy (non-hydrogen) atoms. The zero-order valence-electron chi connectivity index (χ0n) is 16.1. The van der Waals surface area contributed by atoms with Gasteiger partial charge >= 0.3 is 0 Å². The van der Waals surface area contributed by atoms with Crippen LogP contribution >= 0.6 is 34.5 Å². The smallest absolute Gasteiger partial charge is 0.261 e. The second-order valence-electron chi connectivity index (χ2n) is 7.02. The first-order valence-electron chi connectivity index (χ1n) is 9.50. The maximum Gasteiger partial charge on any atom is 0.261 e. The van der Waals surface area contributed by atoms with E-state index in [1.807, 2.05) is 29.8 Å². The van der Waals surface area contributed by atoms with E-state index in [0.717, 1.165) is 54.3 Å². The number of thiophene rings is 1. The highest BCUT2D eigenvalue weighted by molar-refractivity contribution is 7.20. The lowest BCUT2D eigenvalue weighted by atomic mass is 10.2. The number of nitrogens with one attached hydrogen (secondary N) is 1. The molecule has 1 aliphatic heterocycles. The molecule has 0 bridgehead atoms. The van der Waals surface area contributed by atoms with E-state index in [1.54, 1.807) is 6.07 Å². The van der Waals surface area contributed by atoms with Gasteiger partial charge in [-0.3, -0.25) is 14.4 Å². The van der Waals surface area contributed by atoms with Gasteiger partial charge in [0.2, 0.25) is 0 Å². The summed E-state index contributed by atoms with van der Waals surface area (Å²) in [4.78, 5) is 16.6. The molecule has 1 N–H and O–H groups in total. The standard InChI is InChI=1S/C20H22Cl2N4O2S/c1-13-16-11-18(19(27)23-4-5-25-6-8-28-9-7-25)29-20(16)26(24-13)12-14-2-3-15(21)10-17(14)22/h2-3,10-11H,4-9,12H2,1H3,(H,23,27). The van der Waals surface area contributed by atoms with Crippen LogP contribution in [0.25, 0.3) is 10.2 Å². The Hall–Kier alpha value is -1.64. The van der Waals surface area contributed by atoms with Gasteiger partial charge in [0.25, 0.3) is 5.91 Å². The first-order chi connectivity index (χ1) is 14.0. The number of hydrogen-bond acceptors (Lipinski definition) is 5. The fraction of sp³-hybridized carbons (Fsp3) is 0.400. The molecule has 0 atom stereocenters. The minimum absolute atomic E-state index is 0.0464. The zero-order valence-corrected chi connectivity index (χ0v) is 18.4. The Morgan fingerprint density at radius 1 is 1.28 bits per heavy atom. The Kier molecular flexibility index (Phi) is 6.41. The molecule has 154 valence electrons. The van der Waals surface area contributed by atoms with Gasteiger partial charge in [-0.1, -0.05) is 29.3 Å². The number of fused-ring (bicyclic) bond motifs is 1. The Bertz CT molecular complexity index is 1030. The third-order valence-corrected chi connectivity index (χ3v) is 6.72. The lowest BCUT2D eigenvalue weighted by Gasteiger charge is -2.26. The molecule has 1 saturated heterocycles. The number of hydrogen-bond donors (Lipinski definition) is 1. The largest absolute Gasteiger partial charge is 0.379 e. The summed E-state index contributed by atoms with van der Waals surface area (Å²) in [7, 11) is 0. The quantitative estimate of drug-likeness (QED) is 0.617. The van der Waals surface area contributed by atoms with E-state index in [-0.39, 0.29) is 5.91 Å². The summed E-state index contributed by atoms with van der Waals surface area (Å²) < 4.78 is 7.25. The summed E-state index contributed by atoms with van der Waals surface area (Å²) in [6, 6.07) is 7.37. The van der Waals surface area contributed by atoms with Gasteiger partial charge < -0.3 is 10.1 Å². The SMILES string of the molecule is Cc1nn(Cc2ccc(Cl)cc2Cl)c2sc(C(=O)NCCN3CCOCC3)cc12. The monoisotopic (exact) mass is 452 g/mol. The van der Waals surface area contributed by atoms with Gasteiger partial charge in [-0.2, -0.15) is 5.10 Å². The van der Waals surface area contributed by atoms with Crippen LogP contribution in [0.3, 0.4) is 0 Å². The lowest BCUT2D eigenvalue weighted by molar-refractivity contribution is 0.0383. The fourth-order valence-electron chi connectivity index (χ4n) is 3.38. The molecule has 0 radical (unpaired) electrons. The van der Waals surface area contributed by atoms with Gasteiger partial charge in [-0.05, 0) is 30.7 Å². The van der Waals surface area contributed by atoms with E-state index in [4.69, 9.17) is 27.9 Å². The Labute approximate surface area is 183 Å². The van der Waals surface area contributed by atoms with Gasteiger partial charge in [0.15, 0.2) is 0 Å². The van der Waals surface area contributed by atoms with Gasteiger partial charge in [0.1, 0.15) is 4.83 Å². The Morgan fingerprint density at radius 2 is 2.07 bits per heavy atom. The molecule has 3 aromatic rings. The van der Waals surface area contributed by atoms with Crippen molar-refractivity contribution in [3.63, 3.8) is 0 Å². The van der Waals surface area contributed by atoms with Crippen LogP contribution in [0.15, 0.2) is 24.3 Å². The molecule has 0 spiro atoms. The summed E-state index contributed by atoms with van der Waals surface area (Å²) >= 11 is 13.8. The van der Waals surface area contributed by atoms with Crippen molar-refractivity contribution in [3.05, 3.63) is 50.4 Å². The van der Waals surface area contributed by atoms with Crippen molar-refractivity contribution in [3.8, 4) is 0 Å². The van der Waals surface area contributed by atoms with Crippen LogP contribution in [0.4, 0.5) is 0 Å². The number of ether oxygens (including phenoxy) is 1. The van der Waals surface area contributed by atoms with E-state index in [2.05, 4.69) is 15.3 Å². The van der Waals surface area contributed by atoms with Crippen molar-refractivity contribution < 1.29 is 9.53 Å². The van der Waals surface area contributed by atoms with Crippen molar-refractivity contribution in [2.75, 3.05) is 39.4 Å². The first-order valence-corrected chi connectivity index (χ1v) is 11.1. The highest BCUT2D eigenvalue weighted by Gasteiger charge is 2.17. The maximum atomic E-state index is 12.6. The molecule has 0 saturated carbocycles. The number of halogens is 2. The molecule has 2 aromatic heterocycles. The summed E-state index contributed by atoms with van der Waals surface area (Å²) in [5.74, 6) is -0.0464. The molecule has 1 amide bonds. The lowest BCUT2D eigenvalue weighted by Crippen LogP contribution is -2.41. The summed E-state index contributed by atoms with van der Waals surface area (Å²) in [6.45, 7) is 7.30. The highest BCUT2D eigenvalue weighted by atomic mass is 35.5. The Balaban J connectivity index is 1.46. The predicted molar refractivity (Wildman–Crippen MR) is 118 cm³/mol. The van der Waals surface area contributed by atoms with Crippen molar-refractivity contribution in [2.24, 2.45) is 0 Å². The van der Waals surface area contributed by atoms with Gasteiger partial charge in [-0.15, -0.1) is 11.3 Å². The first kappa shape index (κ1) is 20.6. The summed E-state index contributed by atoms with van der Waals surface area (Å²) in [5.41, 5.74) is 1.83. The van der Waals surface area contributed by atoms with E-state index in [9.17, 15) is 4.79 Å². The number of benzene rings is 1. The number of nitrogens with zero attached hydrogens (tertiary/aromatic N) is 3. The average molecular weight is 453 g/mol. The Morgan fingerprint density at radius 3 is 2.83 bits per heavy atom. The van der Waals surface area contributed by atoms with Crippen molar-refractivity contribution in [1.29, 1.82) is 0 Å². The molecule has 4 rings (SSSR count). The van der Waals surface area contributed by atoms with E-state index in [1.165, 1.54) is 11.3 Å². The third-order valence-electron chi connectivity index (χ3n) is 4.98. The van der Waals surface area contributed by atoms with Crippen LogP contribution in [-0.2, 0) is 11.3 Å². The molecular weight excluding hydrogens is 431 g/mol. The van der Waals surface area contributed by atoms with Crippen molar-refractivity contribution in [1.82, 2.24) is 20.0 Å². The minimum Gasteiger partial charge on any atom is -0.379 e. The minimum atomic E-state index is -0.0464. The molecule has 1 aliphatic rings. The second-order valence-corrected chi connectivity index (χ2v) is 8.89. The number of carbonyl (C=O) groups is 1. The maximum absolute atomic E-state index is 12.6. The summed E-state index contributed by atoms with van der Waals surface area (Å²) in [6.07, 6.45) is 0. The van der Waals surface area contributed by atoms with Crippen LogP contribution in [0.5, 0.6) is 0 Å². The van der Waals surface area contributed by atoms with Gasteiger partial charge in [0.05, 0.1) is 30.3 Å². The average Bonchev–Trinajstić information content (AvgIpc) is 3.26. The summed E-state index contributed by atoms with van der Waals surface area (Å²) in [5, 5.41) is 9.85. The second kappa shape index (κ2) is 9.02. The van der Waals surface area contributed by atoms with Crippen LogP contribution < -0.4 is 5.32 Å². The highest BCUT2D eigenvalue weighted by Crippen LogP contribution is 2.30.